The molecule has 0 aromatic rings. The third-order valence-electron chi connectivity index (χ3n) is 1.22. The van der Waals surface area contributed by atoms with Gasteiger partial charge in [-0.15, -0.1) is 0 Å². The first-order chi connectivity index (χ1) is 6.14. The van der Waals surface area contributed by atoms with Gasteiger partial charge in [0.05, 0.1) is 19.7 Å². The van der Waals surface area contributed by atoms with Crippen molar-refractivity contribution >= 4 is 0 Å². The van der Waals surface area contributed by atoms with Crippen molar-refractivity contribution in [2.24, 2.45) is 0 Å². The largest absolute Gasteiger partial charge is 0.401 e. The number of nitrogens with zero attached hydrogens (tertiary/aromatic N) is 1. The fourth-order valence-corrected chi connectivity index (χ4v) is 0.863. The van der Waals surface area contributed by atoms with Crippen molar-refractivity contribution in [3.63, 3.8) is 0 Å². The molecular formula is C6H9F6NO. The minimum Gasteiger partial charge on any atom is -0.395 e. The third kappa shape index (κ3) is 8.11. The van der Waals surface area contributed by atoms with E-state index in [1.165, 1.54) is 0 Å². The quantitative estimate of drug-likeness (QED) is 0.731. The van der Waals surface area contributed by atoms with E-state index >= 15 is 0 Å². The van der Waals surface area contributed by atoms with E-state index in [-0.39, 0.29) is 4.90 Å². The molecule has 0 unspecified atom stereocenters. The first-order valence-electron chi connectivity index (χ1n) is 3.61. The summed E-state index contributed by atoms with van der Waals surface area (Å²) in [6, 6.07) is 0. The fraction of sp³-hybridized carbons (Fsp3) is 1.00. The topological polar surface area (TPSA) is 23.5 Å². The average Bonchev–Trinajstić information content (AvgIpc) is 1.78. The molecule has 0 aliphatic rings. The molecule has 0 rings (SSSR count). The molecule has 0 spiro atoms. The molecule has 0 saturated heterocycles. The highest BCUT2D eigenvalue weighted by Crippen LogP contribution is 2.21. The van der Waals surface area contributed by atoms with Crippen LogP contribution in [0.4, 0.5) is 26.3 Å². The van der Waals surface area contributed by atoms with Crippen molar-refractivity contribution < 1.29 is 31.4 Å². The first-order valence-corrected chi connectivity index (χ1v) is 3.61. The molecule has 0 aromatic heterocycles. The van der Waals surface area contributed by atoms with E-state index in [1.54, 1.807) is 0 Å². The van der Waals surface area contributed by atoms with Gasteiger partial charge in [-0.1, -0.05) is 0 Å². The Bertz CT molecular complexity index is 149. The van der Waals surface area contributed by atoms with Crippen molar-refractivity contribution in [1.29, 1.82) is 0 Å². The number of halogens is 6. The van der Waals surface area contributed by atoms with Crippen LogP contribution in [-0.4, -0.2) is 48.6 Å². The molecule has 14 heavy (non-hydrogen) atoms. The number of aliphatic hydroxyl groups excluding tert-OH is 1. The second kappa shape index (κ2) is 4.83. The standard InChI is InChI=1S/C6H9F6NO/c7-5(8,9)3-13(1-2-14)4-6(10,11)12/h14H,1-4H2. The van der Waals surface area contributed by atoms with Gasteiger partial charge in [0, 0.05) is 6.54 Å². The van der Waals surface area contributed by atoms with Gasteiger partial charge in [-0.05, 0) is 0 Å². The molecule has 0 amide bonds. The van der Waals surface area contributed by atoms with Crippen LogP contribution in [0.15, 0.2) is 0 Å². The number of hydrogen-bond acceptors (Lipinski definition) is 2. The zero-order valence-electron chi connectivity index (χ0n) is 6.99. The van der Waals surface area contributed by atoms with Crippen LogP contribution in [0, 0.1) is 0 Å². The Morgan fingerprint density at radius 1 is 0.857 bits per heavy atom. The van der Waals surface area contributed by atoms with Crippen molar-refractivity contribution in [3.8, 4) is 0 Å². The Balaban J connectivity index is 4.16. The normalized spacial score (nSPS) is 13.7. The lowest BCUT2D eigenvalue weighted by Crippen LogP contribution is -2.41. The first kappa shape index (κ1) is 13.5. The highest BCUT2D eigenvalue weighted by atomic mass is 19.4. The maximum absolute atomic E-state index is 11.7. The molecule has 0 aliphatic heterocycles. The van der Waals surface area contributed by atoms with Crippen molar-refractivity contribution in [1.82, 2.24) is 4.90 Å². The van der Waals surface area contributed by atoms with Gasteiger partial charge in [-0.25, -0.2) is 0 Å². The van der Waals surface area contributed by atoms with Gasteiger partial charge >= 0.3 is 12.4 Å². The van der Waals surface area contributed by atoms with Crippen LogP contribution in [0.3, 0.4) is 0 Å². The molecule has 0 radical (unpaired) electrons. The number of alkyl halides is 6. The molecule has 0 bridgehead atoms. The van der Waals surface area contributed by atoms with Crippen molar-refractivity contribution in [3.05, 3.63) is 0 Å². The number of aliphatic hydroxyl groups is 1. The summed E-state index contributed by atoms with van der Waals surface area (Å²) < 4.78 is 70.3. The van der Waals surface area contributed by atoms with Gasteiger partial charge < -0.3 is 5.11 Å². The second-order valence-electron chi connectivity index (χ2n) is 2.66. The highest BCUT2D eigenvalue weighted by Gasteiger charge is 2.36. The molecule has 2 nitrogen and oxygen atoms in total. The summed E-state index contributed by atoms with van der Waals surface area (Å²) in [7, 11) is 0. The Kier molecular flexibility index (Phi) is 4.66. The molecule has 1 N–H and O–H groups in total. The predicted octanol–water partition coefficient (Wildman–Crippen LogP) is 1.41. The SMILES string of the molecule is OCCN(CC(F)(F)F)CC(F)(F)F. The molecule has 0 heterocycles. The van der Waals surface area contributed by atoms with E-state index in [0.29, 0.717) is 0 Å². The van der Waals surface area contributed by atoms with Crippen LogP contribution in [0.25, 0.3) is 0 Å². The summed E-state index contributed by atoms with van der Waals surface area (Å²) in [5.74, 6) is 0. The van der Waals surface area contributed by atoms with Crippen molar-refractivity contribution in [2.45, 2.75) is 12.4 Å². The maximum atomic E-state index is 11.7. The van der Waals surface area contributed by atoms with Crippen LogP contribution in [0.1, 0.15) is 0 Å². The van der Waals surface area contributed by atoms with Crippen LogP contribution in [-0.2, 0) is 0 Å². The lowest BCUT2D eigenvalue weighted by Gasteiger charge is -2.23. The maximum Gasteiger partial charge on any atom is 0.401 e. The Morgan fingerprint density at radius 3 is 1.43 bits per heavy atom. The van der Waals surface area contributed by atoms with Gasteiger partial charge in [-0.2, -0.15) is 26.3 Å². The van der Waals surface area contributed by atoms with Crippen molar-refractivity contribution in [2.75, 3.05) is 26.2 Å². The van der Waals surface area contributed by atoms with E-state index in [9.17, 15) is 26.3 Å². The minimum absolute atomic E-state index is 0.0972. The highest BCUT2D eigenvalue weighted by molar-refractivity contribution is 4.66. The molecule has 0 atom stereocenters. The van der Waals surface area contributed by atoms with Gasteiger partial charge in [0.2, 0.25) is 0 Å². The Hall–Kier alpha value is -0.500. The second-order valence-corrected chi connectivity index (χ2v) is 2.66. The Labute approximate surface area is 76.1 Å². The fourth-order valence-electron chi connectivity index (χ4n) is 0.863. The minimum atomic E-state index is -4.69. The van der Waals surface area contributed by atoms with Crippen LogP contribution >= 0.6 is 0 Å². The van der Waals surface area contributed by atoms with E-state index in [0.717, 1.165) is 0 Å². The number of hydrogen-bond donors (Lipinski definition) is 1. The summed E-state index contributed by atoms with van der Waals surface area (Å²) in [6.45, 7) is -4.74. The van der Waals surface area contributed by atoms with E-state index in [2.05, 4.69) is 0 Å². The smallest absolute Gasteiger partial charge is 0.395 e. The lowest BCUT2D eigenvalue weighted by atomic mass is 10.4. The Morgan fingerprint density at radius 2 is 1.21 bits per heavy atom. The summed E-state index contributed by atoms with van der Waals surface area (Å²) in [6.07, 6.45) is -9.39. The molecule has 0 saturated carbocycles. The van der Waals surface area contributed by atoms with Gasteiger partial charge in [0.1, 0.15) is 0 Å². The molecule has 0 aromatic carbocycles. The lowest BCUT2D eigenvalue weighted by molar-refractivity contribution is -0.180. The molecule has 0 aliphatic carbocycles. The van der Waals surface area contributed by atoms with Crippen LogP contribution in [0.5, 0.6) is 0 Å². The summed E-state index contributed by atoms with van der Waals surface area (Å²) in [4.78, 5) is 0.0972. The van der Waals surface area contributed by atoms with E-state index < -0.39 is 38.6 Å². The summed E-state index contributed by atoms with van der Waals surface area (Å²) in [5, 5.41) is 8.25. The van der Waals surface area contributed by atoms with E-state index in [4.69, 9.17) is 5.11 Å². The summed E-state index contributed by atoms with van der Waals surface area (Å²) in [5.41, 5.74) is 0. The third-order valence-corrected chi connectivity index (χ3v) is 1.22. The zero-order valence-corrected chi connectivity index (χ0v) is 6.99. The molecule has 0 fully saturated rings. The monoisotopic (exact) mass is 225 g/mol. The number of rotatable bonds is 4. The predicted molar refractivity (Wildman–Crippen MR) is 35.6 cm³/mol. The van der Waals surface area contributed by atoms with Gasteiger partial charge in [0.15, 0.2) is 0 Å². The molecule has 8 heteroatoms. The van der Waals surface area contributed by atoms with Crippen LogP contribution in [0.2, 0.25) is 0 Å². The average molecular weight is 225 g/mol. The zero-order chi connectivity index (χ0) is 11.4. The van der Waals surface area contributed by atoms with Gasteiger partial charge in [0.25, 0.3) is 0 Å². The summed E-state index contributed by atoms with van der Waals surface area (Å²) >= 11 is 0. The van der Waals surface area contributed by atoms with Crippen LogP contribution < -0.4 is 0 Å². The van der Waals surface area contributed by atoms with Gasteiger partial charge in [-0.3, -0.25) is 4.90 Å². The van der Waals surface area contributed by atoms with E-state index in [1.807, 2.05) is 0 Å². The molecule has 86 valence electrons. The molecular weight excluding hydrogens is 216 g/mol.